The maximum Gasteiger partial charge on any atom is 0.229 e. The van der Waals surface area contributed by atoms with Crippen molar-refractivity contribution in [2.45, 2.75) is 25.9 Å². The molecule has 1 aromatic heterocycles. The zero-order valence-electron chi connectivity index (χ0n) is 16.0. The second-order valence-corrected chi connectivity index (χ2v) is 8.27. The Morgan fingerprint density at radius 2 is 1.71 bits per heavy atom. The average Bonchev–Trinajstić information content (AvgIpc) is 3.16. The number of nitrogens with zero attached hydrogens (tertiary/aromatic N) is 2. The molecule has 0 saturated heterocycles. The molecule has 0 aliphatic carbocycles. The number of rotatable bonds is 6. The van der Waals surface area contributed by atoms with Crippen LogP contribution in [0.5, 0.6) is 0 Å². The summed E-state index contributed by atoms with van der Waals surface area (Å²) in [5.74, 6) is 0.819. The number of anilines is 1. The van der Waals surface area contributed by atoms with Crippen LogP contribution in [0.3, 0.4) is 0 Å². The number of hydrogen-bond donors (Lipinski definition) is 2. The van der Waals surface area contributed by atoms with Crippen molar-refractivity contribution < 1.29 is 9.59 Å². The lowest BCUT2D eigenvalue weighted by molar-refractivity contribution is -0.123. The van der Waals surface area contributed by atoms with Gasteiger partial charge in [0.2, 0.25) is 11.1 Å². The fraction of sp³-hybridized carbons (Fsp3) is 0.238. The van der Waals surface area contributed by atoms with Crippen molar-refractivity contribution in [3.05, 3.63) is 60.2 Å². The fourth-order valence-electron chi connectivity index (χ4n) is 2.31. The third kappa shape index (κ3) is 5.07. The molecule has 1 heterocycles. The van der Waals surface area contributed by atoms with E-state index in [2.05, 4.69) is 20.5 Å². The second kappa shape index (κ2) is 8.39. The van der Waals surface area contributed by atoms with Gasteiger partial charge in [-0.05, 0) is 24.3 Å². The summed E-state index contributed by atoms with van der Waals surface area (Å²) in [6.45, 7) is 5.55. The zero-order chi connectivity index (χ0) is 20.1. The Morgan fingerprint density at radius 3 is 2.36 bits per heavy atom. The molecule has 28 heavy (non-hydrogen) atoms. The van der Waals surface area contributed by atoms with Crippen molar-refractivity contribution in [2.75, 3.05) is 11.1 Å². The molecule has 0 bridgehead atoms. The molecule has 0 fully saturated rings. The van der Waals surface area contributed by atoms with Crippen LogP contribution in [0.4, 0.5) is 5.69 Å². The number of amides is 1. The molecule has 0 saturated carbocycles. The topological polar surface area (TPSA) is 87.7 Å². The third-order valence-corrected chi connectivity index (χ3v) is 4.84. The first-order chi connectivity index (χ1) is 13.3. The van der Waals surface area contributed by atoms with E-state index in [-0.39, 0.29) is 17.4 Å². The standard InChI is InChI=1S/C21H22N4O2S/c1-21(2,3)19(27)22-16-11-9-14(10-12-16)17(26)13-28-20-23-18(24-25-20)15-7-5-4-6-8-15/h4-12H,13H2,1-3H3,(H,22,27)(H,23,24,25). The minimum Gasteiger partial charge on any atom is -0.326 e. The smallest absolute Gasteiger partial charge is 0.229 e. The predicted octanol–water partition coefficient (Wildman–Crippen LogP) is 4.43. The van der Waals surface area contributed by atoms with Crippen molar-refractivity contribution in [1.82, 2.24) is 15.2 Å². The number of carbonyl (C=O) groups excluding carboxylic acids is 2. The fourth-order valence-corrected chi connectivity index (χ4v) is 3.00. The van der Waals surface area contributed by atoms with Crippen LogP contribution in [0.25, 0.3) is 11.4 Å². The molecule has 0 unspecified atom stereocenters. The van der Waals surface area contributed by atoms with Crippen LogP contribution in [0.15, 0.2) is 59.8 Å². The van der Waals surface area contributed by atoms with E-state index < -0.39 is 5.41 Å². The number of carbonyl (C=O) groups is 2. The maximum absolute atomic E-state index is 12.4. The highest BCUT2D eigenvalue weighted by atomic mass is 32.2. The Kier molecular flexibility index (Phi) is 5.94. The summed E-state index contributed by atoms with van der Waals surface area (Å²) in [5.41, 5.74) is 1.73. The molecule has 3 aromatic rings. The van der Waals surface area contributed by atoms with Crippen molar-refractivity contribution in [3.63, 3.8) is 0 Å². The number of nitrogens with one attached hydrogen (secondary N) is 2. The molecule has 3 rings (SSSR count). The van der Waals surface area contributed by atoms with Gasteiger partial charge in [-0.1, -0.05) is 62.9 Å². The highest BCUT2D eigenvalue weighted by Gasteiger charge is 2.21. The molecule has 0 radical (unpaired) electrons. The molecule has 0 aliphatic rings. The normalized spacial score (nSPS) is 11.2. The quantitative estimate of drug-likeness (QED) is 0.477. The number of H-pyrrole nitrogens is 1. The van der Waals surface area contributed by atoms with Crippen molar-refractivity contribution in [3.8, 4) is 11.4 Å². The average molecular weight is 395 g/mol. The Hall–Kier alpha value is -2.93. The van der Waals surface area contributed by atoms with Gasteiger partial charge in [0.25, 0.3) is 0 Å². The maximum atomic E-state index is 12.4. The van der Waals surface area contributed by atoms with Crippen molar-refractivity contribution in [1.29, 1.82) is 0 Å². The summed E-state index contributed by atoms with van der Waals surface area (Å²) >= 11 is 1.28. The zero-order valence-corrected chi connectivity index (χ0v) is 16.8. The van der Waals surface area contributed by atoms with E-state index in [1.54, 1.807) is 24.3 Å². The molecule has 0 spiro atoms. The molecular weight excluding hydrogens is 372 g/mol. The van der Waals surface area contributed by atoms with E-state index in [1.807, 2.05) is 51.1 Å². The second-order valence-electron chi connectivity index (χ2n) is 7.33. The monoisotopic (exact) mass is 394 g/mol. The lowest BCUT2D eigenvalue weighted by Crippen LogP contribution is -2.27. The molecule has 0 aliphatic heterocycles. The van der Waals surface area contributed by atoms with Crippen LogP contribution in [0, 0.1) is 5.41 Å². The van der Waals surface area contributed by atoms with Gasteiger partial charge in [-0.2, -0.15) is 0 Å². The summed E-state index contributed by atoms with van der Waals surface area (Å²) in [6.07, 6.45) is 0. The molecule has 1 amide bonds. The van der Waals surface area contributed by atoms with Gasteiger partial charge < -0.3 is 5.32 Å². The van der Waals surface area contributed by atoms with Gasteiger partial charge in [0.05, 0.1) is 5.75 Å². The first kappa shape index (κ1) is 19.8. The number of aromatic amines is 1. The summed E-state index contributed by atoms with van der Waals surface area (Å²) in [7, 11) is 0. The Labute approximate surface area is 168 Å². The van der Waals surface area contributed by atoms with E-state index in [9.17, 15) is 9.59 Å². The summed E-state index contributed by atoms with van der Waals surface area (Å²) in [4.78, 5) is 28.8. The number of Topliss-reactive ketones (excluding diaryl/α,β-unsaturated/α-hetero) is 1. The molecule has 2 aromatic carbocycles. The molecule has 7 heteroatoms. The van der Waals surface area contributed by atoms with Crippen LogP contribution in [0.1, 0.15) is 31.1 Å². The largest absolute Gasteiger partial charge is 0.326 e. The van der Waals surface area contributed by atoms with Gasteiger partial charge in [0.1, 0.15) is 0 Å². The van der Waals surface area contributed by atoms with Crippen LogP contribution in [-0.4, -0.2) is 32.6 Å². The van der Waals surface area contributed by atoms with E-state index in [1.165, 1.54) is 11.8 Å². The third-order valence-electron chi connectivity index (χ3n) is 3.99. The number of ketones is 1. The Morgan fingerprint density at radius 1 is 1.04 bits per heavy atom. The molecule has 144 valence electrons. The Bertz CT molecular complexity index is 960. The van der Waals surface area contributed by atoms with E-state index in [0.717, 1.165) is 5.56 Å². The molecular formula is C21H22N4O2S. The molecule has 0 atom stereocenters. The number of benzene rings is 2. The van der Waals surface area contributed by atoms with Crippen LogP contribution in [-0.2, 0) is 4.79 Å². The first-order valence-electron chi connectivity index (χ1n) is 8.88. The van der Waals surface area contributed by atoms with E-state index in [4.69, 9.17) is 0 Å². The van der Waals surface area contributed by atoms with Crippen LogP contribution >= 0.6 is 11.8 Å². The molecule has 6 nitrogen and oxygen atoms in total. The van der Waals surface area contributed by atoms with E-state index >= 15 is 0 Å². The van der Waals surface area contributed by atoms with Crippen molar-refractivity contribution in [2.24, 2.45) is 5.41 Å². The van der Waals surface area contributed by atoms with Crippen molar-refractivity contribution >= 4 is 29.1 Å². The Balaban J connectivity index is 1.57. The van der Waals surface area contributed by atoms with E-state index in [0.29, 0.717) is 22.2 Å². The lowest BCUT2D eigenvalue weighted by atomic mass is 9.95. The van der Waals surface area contributed by atoms with Gasteiger partial charge in [-0.3, -0.25) is 14.7 Å². The minimum atomic E-state index is -0.472. The number of hydrogen-bond acceptors (Lipinski definition) is 5. The van der Waals surface area contributed by atoms with Crippen LogP contribution in [0.2, 0.25) is 0 Å². The molecule has 2 N–H and O–H groups in total. The van der Waals surface area contributed by atoms with Gasteiger partial charge in [-0.15, -0.1) is 5.10 Å². The summed E-state index contributed by atoms with van der Waals surface area (Å²) in [6, 6.07) is 16.6. The van der Waals surface area contributed by atoms with Crippen LogP contribution < -0.4 is 5.32 Å². The number of thioether (sulfide) groups is 1. The van der Waals surface area contributed by atoms with Gasteiger partial charge in [0.15, 0.2) is 11.6 Å². The first-order valence-corrected chi connectivity index (χ1v) is 9.87. The summed E-state index contributed by atoms with van der Waals surface area (Å²) in [5, 5.41) is 10.4. The summed E-state index contributed by atoms with van der Waals surface area (Å²) < 4.78 is 0. The van der Waals surface area contributed by atoms with Gasteiger partial charge >= 0.3 is 0 Å². The highest BCUT2D eigenvalue weighted by molar-refractivity contribution is 7.99. The highest BCUT2D eigenvalue weighted by Crippen LogP contribution is 2.21. The minimum absolute atomic E-state index is 0.0234. The van der Waals surface area contributed by atoms with Gasteiger partial charge in [-0.25, -0.2) is 4.98 Å². The predicted molar refractivity (Wildman–Crippen MR) is 111 cm³/mol. The SMILES string of the molecule is CC(C)(C)C(=O)Nc1ccc(C(=O)CSc2n[nH]c(-c3ccccc3)n2)cc1. The number of aromatic nitrogens is 3. The lowest BCUT2D eigenvalue weighted by Gasteiger charge is -2.17. The van der Waals surface area contributed by atoms with Gasteiger partial charge in [0, 0.05) is 22.2 Å².